The quantitative estimate of drug-likeness (QED) is 0.481. The standard InChI is InChI=1S/C14H28N4O/c1-4-9-16-12(19)10-17-13(15-3)18-11-14(5-2)7-6-8-14/h4-11H2,1-3H3,(H,16,19)(H2,15,17,18). The second-order valence-electron chi connectivity index (χ2n) is 5.34. The maximum absolute atomic E-state index is 11.5. The lowest BCUT2D eigenvalue weighted by molar-refractivity contribution is -0.120. The topological polar surface area (TPSA) is 65.5 Å². The molecule has 1 fully saturated rings. The summed E-state index contributed by atoms with van der Waals surface area (Å²) in [5, 5.41) is 9.22. The van der Waals surface area contributed by atoms with Crippen molar-refractivity contribution in [3.63, 3.8) is 0 Å². The summed E-state index contributed by atoms with van der Waals surface area (Å²) in [4.78, 5) is 15.6. The van der Waals surface area contributed by atoms with Crippen LogP contribution in [0.4, 0.5) is 0 Å². The van der Waals surface area contributed by atoms with E-state index in [1.54, 1.807) is 7.05 Å². The summed E-state index contributed by atoms with van der Waals surface area (Å²) in [6.45, 7) is 6.23. The zero-order chi connectivity index (χ0) is 14.1. The van der Waals surface area contributed by atoms with Gasteiger partial charge >= 0.3 is 0 Å². The summed E-state index contributed by atoms with van der Waals surface area (Å²) in [6, 6.07) is 0. The van der Waals surface area contributed by atoms with E-state index in [1.165, 1.54) is 25.7 Å². The van der Waals surface area contributed by atoms with Crippen LogP contribution in [0, 0.1) is 5.41 Å². The van der Waals surface area contributed by atoms with Crippen LogP contribution in [0.15, 0.2) is 4.99 Å². The van der Waals surface area contributed by atoms with Gasteiger partial charge in [0.15, 0.2) is 5.96 Å². The van der Waals surface area contributed by atoms with E-state index in [4.69, 9.17) is 0 Å². The second-order valence-corrected chi connectivity index (χ2v) is 5.34. The largest absolute Gasteiger partial charge is 0.356 e. The van der Waals surface area contributed by atoms with Crippen molar-refractivity contribution in [2.24, 2.45) is 10.4 Å². The van der Waals surface area contributed by atoms with Gasteiger partial charge in [-0.3, -0.25) is 9.79 Å². The Morgan fingerprint density at radius 2 is 1.95 bits per heavy atom. The Morgan fingerprint density at radius 3 is 2.42 bits per heavy atom. The smallest absolute Gasteiger partial charge is 0.239 e. The monoisotopic (exact) mass is 268 g/mol. The first-order valence-corrected chi connectivity index (χ1v) is 7.37. The third kappa shape index (κ3) is 5.09. The number of nitrogens with zero attached hydrogens (tertiary/aromatic N) is 1. The highest BCUT2D eigenvalue weighted by Crippen LogP contribution is 2.42. The zero-order valence-electron chi connectivity index (χ0n) is 12.5. The van der Waals surface area contributed by atoms with Gasteiger partial charge < -0.3 is 16.0 Å². The van der Waals surface area contributed by atoms with E-state index in [-0.39, 0.29) is 12.5 Å². The van der Waals surface area contributed by atoms with E-state index in [1.807, 2.05) is 6.92 Å². The molecule has 1 rings (SSSR count). The molecule has 0 atom stereocenters. The minimum absolute atomic E-state index is 0.0126. The predicted octanol–water partition coefficient (Wildman–Crippen LogP) is 1.26. The summed E-state index contributed by atoms with van der Waals surface area (Å²) >= 11 is 0. The molecule has 0 spiro atoms. The zero-order valence-corrected chi connectivity index (χ0v) is 12.5. The van der Waals surface area contributed by atoms with E-state index in [9.17, 15) is 4.79 Å². The van der Waals surface area contributed by atoms with E-state index in [0.717, 1.165) is 19.5 Å². The second kappa shape index (κ2) is 8.02. The van der Waals surface area contributed by atoms with Gasteiger partial charge in [0.1, 0.15) is 0 Å². The van der Waals surface area contributed by atoms with Crippen molar-refractivity contribution in [3.05, 3.63) is 0 Å². The maximum atomic E-state index is 11.5. The minimum atomic E-state index is 0.0126. The van der Waals surface area contributed by atoms with Crippen molar-refractivity contribution in [1.82, 2.24) is 16.0 Å². The number of carbonyl (C=O) groups is 1. The Bertz CT molecular complexity index is 305. The number of nitrogens with one attached hydrogen (secondary N) is 3. The number of aliphatic imine (C=N–C) groups is 1. The van der Waals surface area contributed by atoms with Crippen LogP contribution in [0.1, 0.15) is 46.0 Å². The number of amides is 1. The lowest BCUT2D eigenvalue weighted by atomic mass is 9.67. The van der Waals surface area contributed by atoms with Crippen LogP contribution in [0.2, 0.25) is 0 Å². The summed E-state index contributed by atoms with van der Waals surface area (Å²) in [5.41, 5.74) is 0.447. The molecule has 5 nitrogen and oxygen atoms in total. The van der Waals surface area contributed by atoms with Crippen LogP contribution in [-0.4, -0.2) is 38.5 Å². The first-order chi connectivity index (χ1) is 9.15. The maximum Gasteiger partial charge on any atom is 0.239 e. The molecule has 0 aromatic rings. The Morgan fingerprint density at radius 1 is 1.21 bits per heavy atom. The van der Waals surface area contributed by atoms with E-state index in [0.29, 0.717) is 11.4 Å². The van der Waals surface area contributed by atoms with Crippen molar-refractivity contribution >= 4 is 11.9 Å². The fraction of sp³-hybridized carbons (Fsp3) is 0.857. The van der Waals surface area contributed by atoms with Gasteiger partial charge in [-0.2, -0.15) is 0 Å². The minimum Gasteiger partial charge on any atom is -0.356 e. The Labute approximate surface area is 116 Å². The number of guanidine groups is 1. The Hall–Kier alpha value is -1.26. The molecule has 0 saturated heterocycles. The SMILES string of the molecule is CCCNC(=O)CNC(=NC)NCC1(CC)CCC1. The average molecular weight is 268 g/mol. The Kier molecular flexibility index (Phi) is 6.67. The molecule has 0 aromatic heterocycles. The van der Waals surface area contributed by atoms with Crippen LogP contribution in [-0.2, 0) is 4.79 Å². The first-order valence-electron chi connectivity index (χ1n) is 7.37. The predicted molar refractivity (Wildman–Crippen MR) is 79.2 cm³/mol. The van der Waals surface area contributed by atoms with Crippen LogP contribution >= 0.6 is 0 Å². The molecular formula is C14H28N4O. The van der Waals surface area contributed by atoms with Gasteiger partial charge in [-0.25, -0.2) is 0 Å². The summed E-state index contributed by atoms with van der Waals surface area (Å²) in [6.07, 6.45) is 6.08. The molecule has 19 heavy (non-hydrogen) atoms. The molecule has 5 heteroatoms. The third-order valence-electron chi connectivity index (χ3n) is 4.01. The van der Waals surface area contributed by atoms with E-state index in [2.05, 4.69) is 27.9 Å². The lowest BCUT2D eigenvalue weighted by Crippen LogP contribution is -2.48. The molecule has 3 N–H and O–H groups in total. The Balaban J connectivity index is 2.24. The fourth-order valence-corrected chi connectivity index (χ4v) is 2.31. The number of rotatable bonds is 7. The summed E-state index contributed by atoms with van der Waals surface area (Å²) < 4.78 is 0. The van der Waals surface area contributed by atoms with Gasteiger partial charge in [-0.1, -0.05) is 20.3 Å². The van der Waals surface area contributed by atoms with Gasteiger partial charge in [0.25, 0.3) is 0 Å². The van der Waals surface area contributed by atoms with Gasteiger partial charge in [0.05, 0.1) is 6.54 Å². The summed E-state index contributed by atoms with van der Waals surface area (Å²) in [7, 11) is 1.73. The highest BCUT2D eigenvalue weighted by molar-refractivity contribution is 5.86. The van der Waals surface area contributed by atoms with Crippen molar-refractivity contribution in [1.29, 1.82) is 0 Å². The molecule has 1 saturated carbocycles. The van der Waals surface area contributed by atoms with E-state index >= 15 is 0 Å². The molecule has 1 aliphatic rings. The lowest BCUT2D eigenvalue weighted by Gasteiger charge is -2.41. The van der Waals surface area contributed by atoms with Crippen LogP contribution in [0.5, 0.6) is 0 Å². The van der Waals surface area contributed by atoms with Crippen LogP contribution in [0.25, 0.3) is 0 Å². The van der Waals surface area contributed by atoms with Crippen LogP contribution in [0.3, 0.4) is 0 Å². The van der Waals surface area contributed by atoms with Gasteiger partial charge in [-0.15, -0.1) is 0 Å². The molecule has 110 valence electrons. The highest BCUT2D eigenvalue weighted by atomic mass is 16.1. The summed E-state index contributed by atoms with van der Waals surface area (Å²) in [5.74, 6) is 0.727. The molecule has 0 aliphatic heterocycles. The number of carbonyl (C=O) groups excluding carboxylic acids is 1. The van der Waals surface area contributed by atoms with Crippen molar-refractivity contribution in [3.8, 4) is 0 Å². The van der Waals surface area contributed by atoms with Crippen LogP contribution < -0.4 is 16.0 Å². The van der Waals surface area contributed by atoms with Crippen molar-refractivity contribution in [2.75, 3.05) is 26.7 Å². The van der Waals surface area contributed by atoms with Gasteiger partial charge in [0, 0.05) is 20.1 Å². The molecule has 0 radical (unpaired) electrons. The average Bonchev–Trinajstić information content (AvgIpc) is 2.38. The molecule has 0 unspecified atom stereocenters. The molecule has 1 amide bonds. The van der Waals surface area contributed by atoms with Gasteiger partial charge in [-0.05, 0) is 31.1 Å². The van der Waals surface area contributed by atoms with Crippen molar-refractivity contribution in [2.45, 2.75) is 46.0 Å². The third-order valence-corrected chi connectivity index (χ3v) is 4.01. The first kappa shape index (κ1) is 15.8. The highest BCUT2D eigenvalue weighted by Gasteiger charge is 2.34. The number of hydrogen-bond donors (Lipinski definition) is 3. The van der Waals surface area contributed by atoms with Crippen molar-refractivity contribution < 1.29 is 4.79 Å². The normalized spacial score (nSPS) is 17.5. The fourth-order valence-electron chi connectivity index (χ4n) is 2.31. The van der Waals surface area contributed by atoms with Gasteiger partial charge in [0.2, 0.25) is 5.91 Å². The molecular weight excluding hydrogens is 240 g/mol. The number of hydrogen-bond acceptors (Lipinski definition) is 2. The molecule has 0 aromatic carbocycles. The molecule has 0 bridgehead atoms. The molecule has 1 aliphatic carbocycles. The van der Waals surface area contributed by atoms with E-state index < -0.39 is 0 Å². The molecule has 0 heterocycles.